The second kappa shape index (κ2) is 7.28. The van der Waals surface area contributed by atoms with Crippen LogP contribution < -0.4 is 5.32 Å². The Morgan fingerprint density at radius 3 is 2.75 bits per heavy atom. The van der Waals surface area contributed by atoms with Gasteiger partial charge in [-0.15, -0.1) is 10.2 Å². The Morgan fingerprint density at radius 2 is 2.00 bits per heavy atom. The number of hydrogen-bond donors (Lipinski definition) is 1. The maximum Gasteiger partial charge on any atom is 0.236 e. The molecule has 0 saturated carbocycles. The van der Waals surface area contributed by atoms with E-state index in [4.69, 9.17) is 0 Å². The summed E-state index contributed by atoms with van der Waals surface area (Å²) in [6, 6.07) is 7.91. The Kier molecular flexibility index (Phi) is 4.82. The summed E-state index contributed by atoms with van der Waals surface area (Å²) in [5.41, 5.74) is 3.11. The van der Waals surface area contributed by atoms with Gasteiger partial charge in [0.2, 0.25) is 11.1 Å². The van der Waals surface area contributed by atoms with Crippen molar-refractivity contribution in [3.05, 3.63) is 34.8 Å². The first-order valence-corrected chi connectivity index (χ1v) is 10.2. The lowest BCUT2D eigenvalue weighted by Crippen LogP contribution is -2.14. The van der Waals surface area contributed by atoms with Crippen LogP contribution in [0, 0.1) is 6.92 Å². The van der Waals surface area contributed by atoms with Crippen molar-refractivity contribution in [1.82, 2.24) is 24.7 Å². The third-order valence-electron chi connectivity index (χ3n) is 4.18. The molecule has 0 radical (unpaired) electrons. The molecule has 0 spiro atoms. The summed E-state index contributed by atoms with van der Waals surface area (Å²) in [7, 11) is 1.93. The van der Waals surface area contributed by atoms with Crippen molar-refractivity contribution in [2.75, 3.05) is 11.1 Å². The van der Waals surface area contributed by atoms with E-state index in [1.54, 1.807) is 6.92 Å². The molecule has 4 aromatic rings. The summed E-state index contributed by atoms with van der Waals surface area (Å²) in [5, 5.41) is 13.0. The van der Waals surface area contributed by atoms with E-state index in [1.165, 1.54) is 30.0 Å². The molecule has 3 aromatic heterocycles. The molecule has 0 unspecified atom stereocenters. The molecule has 8 nitrogen and oxygen atoms in total. The van der Waals surface area contributed by atoms with Gasteiger partial charge in [0.25, 0.3) is 0 Å². The topological polar surface area (TPSA) is 103 Å². The van der Waals surface area contributed by atoms with Crippen molar-refractivity contribution in [3.8, 4) is 0 Å². The summed E-state index contributed by atoms with van der Waals surface area (Å²) >= 11 is 2.37. The van der Waals surface area contributed by atoms with Crippen LogP contribution in [0.15, 0.2) is 29.4 Å². The quantitative estimate of drug-likeness (QED) is 0.396. The van der Waals surface area contributed by atoms with Crippen LogP contribution >= 0.6 is 23.1 Å². The van der Waals surface area contributed by atoms with Crippen molar-refractivity contribution < 1.29 is 9.59 Å². The molecule has 1 N–H and O–H groups in total. The Balaban J connectivity index is 1.48. The van der Waals surface area contributed by atoms with Crippen molar-refractivity contribution in [3.63, 3.8) is 0 Å². The molecule has 1 aromatic carbocycles. The zero-order valence-corrected chi connectivity index (χ0v) is 17.0. The van der Waals surface area contributed by atoms with Crippen LogP contribution in [0.4, 0.5) is 5.13 Å². The molecule has 0 fully saturated rings. The lowest BCUT2D eigenvalue weighted by atomic mass is 10.2. The molecule has 1 amide bonds. The molecule has 0 aliphatic rings. The van der Waals surface area contributed by atoms with E-state index in [0.717, 1.165) is 22.1 Å². The number of benzene rings is 1. The van der Waals surface area contributed by atoms with Gasteiger partial charge < -0.3 is 9.88 Å². The van der Waals surface area contributed by atoms with Gasteiger partial charge >= 0.3 is 0 Å². The number of hydrogen-bond acceptors (Lipinski definition) is 8. The summed E-state index contributed by atoms with van der Waals surface area (Å²) in [4.78, 5) is 33.0. The number of carbonyl (C=O) groups excluding carboxylic acids is 2. The van der Waals surface area contributed by atoms with E-state index in [2.05, 4.69) is 25.5 Å². The second-order valence-electron chi connectivity index (χ2n) is 6.17. The average molecular weight is 413 g/mol. The zero-order chi connectivity index (χ0) is 19.8. The molecule has 142 valence electrons. The highest BCUT2D eigenvalue weighted by molar-refractivity contribution is 7.99. The molecule has 0 atom stereocenters. The molecule has 0 aliphatic heterocycles. The monoisotopic (exact) mass is 412 g/mol. The Labute approximate surface area is 168 Å². The summed E-state index contributed by atoms with van der Waals surface area (Å²) in [6.07, 6.45) is 0. The first-order chi connectivity index (χ1) is 13.4. The number of fused-ring (bicyclic) bond motifs is 3. The highest BCUT2D eigenvalue weighted by atomic mass is 32.2. The predicted molar refractivity (Wildman–Crippen MR) is 110 cm³/mol. The number of carbonyl (C=O) groups is 2. The maximum atomic E-state index is 12.2. The Bertz CT molecular complexity index is 1230. The number of aryl methyl sites for hydroxylation is 2. The SMILES string of the molecule is CC(=O)c1sc(NC(=O)CSc2nnc3c4ccccc4n(C)c3n2)nc1C. The van der Waals surface area contributed by atoms with Crippen LogP contribution in [0.5, 0.6) is 0 Å². The van der Waals surface area contributed by atoms with Crippen molar-refractivity contribution in [2.24, 2.45) is 7.05 Å². The van der Waals surface area contributed by atoms with Crippen LogP contribution in [0.2, 0.25) is 0 Å². The van der Waals surface area contributed by atoms with E-state index >= 15 is 0 Å². The minimum Gasteiger partial charge on any atom is -0.327 e. The van der Waals surface area contributed by atoms with E-state index < -0.39 is 0 Å². The van der Waals surface area contributed by atoms with E-state index in [1.807, 2.05) is 35.9 Å². The zero-order valence-electron chi connectivity index (χ0n) is 15.4. The van der Waals surface area contributed by atoms with Gasteiger partial charge in [0.05, 0.1) is 21.8 Å². The van der Waals surface area contributed by atoms with Gasteiger partial charge in [0.15, 0.2) is 16.6 Å². The number of nitrogens with one attached hydrogen (secondary N) is 1. The normalized spacial score (nSPS) is 11.2. The second-order valence-corrected chi connectivity index (χ2v) is 8.11. The molecule has 0 saturated heterocycles. The first-order valence-electron chi connectivity index (χ1n) is 8.43. The lowest BCUT2D eigenvalue weighted by Gasteiger charge is -2.01. The Hall–Kier alpha value is -2.85. The predicted octanol–water partition coefficient (Wildman–Crippen LogP) is 3.21. The number of rotatable bonds is 5. The summed E-state index contributed by atoms with van der Waals surface area (Å²) in [5.74, 6) is -0.187. The highest BCUT2D eigenvalue weighted by Gasteiger charge is 2.15. The maximum absolute atomic E-state index is 12.2. The van der Waals surface area contributed by atoms with Crippen LogP contribution in [0.1, 0.15) is 22.3 Å². The van der Waals surface area contributed by atoms with Crippen LogP contribution in [-0.2, 0) is 11.8 Å². The molecule has 0 aliphatic carbocycles. The smallest absolute Gasteiger partial charge is 0.236 e. The van der Waals surface area contributed by atoms with E-state index in [-0.39, 0.29) is 17.4 Å². The largest absolute Gasteiger partial charge is 0.327 e. The van der Waals surface area contributed by atoms with Crippen molar-refractivity contribution in [2.45, 2.75) is 19.0 Å². The van der Waals surface area contributed by atoms with Gasteiger partial charge in [0.1, 0.15) is 5.52 Å². The van der Waals surface area contributed by atoms with Gasteiger partial charge in [-0.2, -0.15) is 0 Å². The number of ketones is 1. The molecule has 4 rings (SSSR count). The number of anilines is 1. The van der Waals surface area contributed by atoms with Gasteiger partial charge in [0, 0.05) is 19.4 Å². The number of thioether (sulfide) groups is 1. The fraction of sp³-hybridized carbons (Fsp3) is 0.222. The summed E-state index contributed by atoms with van der Waals surface area (Å²) in [6.45, 7) is 3.23. The molecular weight excluding hydrogens is 396 g/mol. The third kappa shape index (κ3) is 3.36. The highest BCUT2D eigenvalue weighted by Crippen LogP contribution is 2.26. The van der Waals surface area contributed by atoms with Crippen LogP contribution in [-0.4, -0.2) is 42.2 Å². The minimum absolute atomic E-state index is 0.0624. The van der Waals surface area contributed by atoms with E-state index in [0.29, 0.717) is 20.9 Å². The van der Waals surface area contributed by atoms with Crippen molar-refractivity contribution in [1.29, 1.82) is 0 Å². The van der Waals surface area contributed by atoms with Gasteiger partial charge in [-0.3, -0.25) is 9.59 Å². The number of Topliss-reactive ketones (excluding diaryl/α,β-unsaturated/α-hetero) is 1. The van der Waals surface area contributed by atoms with Gasteiger partial charge in [-0.1, -0.05) is 41.3 Å². The number of amides is 1. The number of para-hydroxylation sites is 1. The fourth-order valence-corrected chi connectivity index (χ4v) is 4.37. The van der Waals surface area contributed by atoms with Gasteiger partial charge in [-0.05, 0) is 13.0 Å². The average Bonchev–Trinajstić information content (AvgIpc) is 3.18. The summed E-state index contributed by atoms with van der Waals surface area (Å²) < 4.78 is 1.96. The van der Waals surface area contributed by atoms with E-state index in [9.17, 15) is 9.59 Å². The standard InChI is InChI=1S/C18H16N6O2S2/c1-9-15(10(2)25)28-17(19-9)20-13(26)8-27-18-21-16-14(22-23-18)11-6-4-5-7-12(11)24(16)3/h4-7H,8H2,1-3H3,(H,19,20,26). The molecular formula is C18H16N6O2S2. The minimum atomic E-state index is -0.241. The van der Waals surface area contributed by atoms with Crippen LogP contribution in [0.3, 0.4) is 0 Å². The fourth-order valence-electron chi connectivity index (χ4n) is 2.92. The van der Waals surface area contributed by atoms with Crippen LogP contribution in [0.25, 0.3) is 22.1 Å². The van der Waals surface area contributed by atoms with Gasteiger partial charge in [-0.25, -0.2) is 9.97 Å². The molecule has 28 heavy (non-hydrogen) atoms. The lowest BCUT2D eigenvalue weighted by molar-refractivity contribution is -0.113. The third-order valence-corrected chi connectivity index (χ3v) is 6.19. The van der Waals surface area contributed by atoms with Crippen molar-refractivity contribution >= 4 is 62.0 Å². The molecule has 0 bridgehead atoms. The Morgan fingerprint density at radius 1 is 1.21 bits per heavy atom. The first kappa shape index (κ1) is 18.5. The molecule has 3 heterocycles. The number of aromatic nitrogens is 5. The number of nitrogens with zero attached hydrogens (tertiary/aromatic N) is 5. The number of thiazole rings is 1. The molecule has 10 heteroatoms.